The molecule has 0 fully saturated rings. The number of hydrogen-bond acceptors (Lipinski definition) is 3. The van der Waals surface area contributed by atoms with Gasteiger partial charge in [0, 0.05) is 5.69 Å². The Morgan fingerprint density at radius 1 is 0.913 bits per heavy atom. The Hall–Kier alpha value is -3.50. The molecule has 0 radical (unpaired) electrons. The highest BCUT2D eigenvalue weighted by Gasteiger charge is 2.23. The minimum absolute atomic E-state index is 0.216. The van der Waals surface area contributed by atoms with Crippen molar-refractivity contribution < 1.29 is 0 Å². The van der Waals surface area contributed by atoms with Gasteiger partial charge in [0.15, 0.2) is 0 Å². The van der Waals surface area contributed by atoms with Crippen molar-refractivity contribution in [2.75, 3.05) is 5.73 Å². The second-order valence-corrected chi connectivity index (χ2v) is 5.25. The molecule has 23 heavy (non-hydrogen) atoms. The molecule has 0 aliphatic rings. The van der Waals surface area contributed by atoms with Crippen molar-refractivity contribution >= 4 is 5.82 Å². The molecule has 0 saturated carbocycles. The lowest BCUT2D eigenvalue weighted by Crippen LogP contribution is -2.03. The van der Waals surface area contributed by atoms with Crippen LogP contribution < -0.4 is 5.73 Å². The van der Waals surface area contributed by atoms with Crippen LogP contribution in [0.15, 0.2) is 54.6 Å². The molecule has 110 valence electrons. The molecule has 2 N–H and O–H groups in total. The Morgan fingerprint density at radius 2 is 1.61 bits per heavy atom. The third-order valence-electron chi connectivity index (χ3n) is 3.74. The second kappa shape index (κ2) is 5.71. The van der Waals surface area contributed by atoms with E-state index in [2.05, 4.69) is 12.1 Å². The van der Waals surface area contributed by atoms with E-state index in [0.29, 0.717) is 11.3 Å². The van der Waals surface area contributed by atoms with Crippen molar-refractivity contribution in [1.82, 2.24) is 4.57 Å². The zero-order valence-electron chi connectivity index (χ0n) is 12.6. The molecule has 0 bridgehead atoms. The lowest BCUT2D eigenvalue weighted by atomic mass is 10.1. The summed E-state index contributed by atoms with van der Waals surface area (Å²) in [5, 5.41) is 19.0. The molecule has 0 atom stereocenters. The van der Waals surface area contributed by atoms with Crippen LogP contribution in [-0.2, 0) is 0 Å². The molecule has 0 aliphatic heterocycles. The van der Waals surface area contributed by atoms with E-state index >= 15 is 0 Å². The minimum atomic E-state index is 0.216. The van der Waals surface area contributed by atoms with Gasteiger partial charge in [0.2, 0.25) is 0 Å². The Kier molecular flexibility index (Phi) is 3.58. The maximum absolute atomic E-state index is 9.56. The lowest BCUT2D eigenvalue weighted by molar-refractivity contribution is 1.09. The third-order valence-corrected chi connectivity index (χ3v) is 3.74. The largest absolute Gasteiger partial charge is 0.384 e. The van der Waals surface area contributed by atoms with Gasteiger partial charge >= 0.3 is 0 Å². The molecule has 2 aromatic carbocycles. The van der Waals surface area contributed by atoms with E-state index in [1.165, 1.54) is 0 Å². The van der Waals surface area contributed by atoms with Gasteiger partial charge in [-0.2, -0.15) is 10.5 Å². The topological polar surface area (TPSA) is 78.5 Å². The predicted molar refractivity (Wildman–Crippen MR) is 89.8 cm³/mol. The van der Waals surface area contributed by atoms with Crippen LogP contribution in [0.3, 0.4) is 0 Å². The van der Waals surface area contributed by atoms with Gasteiger partial charge in [0.1, 0.15) is 23.5 Å². The smallest absolute Gasteiger partial charge is 0.128 e. The number of hydrogen-bond donors (Lipinski definition) is 1. The zero-order chi connectivity index (χ0) is 16.4. The predicted octanol–water partition coefficient (Wildman–Crippen LogP) is 3.78. The summed E-state index contributed by atoms with van der Waals surface area (Å²) < 4.78 is 1.78. The van der Waals surface area contributed by atoms with Gasteiger partial charge in [0.25, 0.3) is 0 Å². The van der Waals surface area contributed by atoms with E-state index in [1.807, 2.05) is 61.5 Å². The normalized spacial score (nSPS) is 10.0. The first kappa shape index (κ1) is 14.4. The average molecular weight is 298 g/mol. The molecule has 0 amide bonds. The lowest BCUT2D eigenvalue weighted by Gasteiger charge is -2.12. The standard InChI is InChI=1S/C19H14N4/c1-13-6-5-9-15(10-13)23-18(14-7-3-2-4-8-14)16(11-20)17(12-21)19(23)22/h2-10H,22H2,1H3. The number of rotatable bonds is 2. The van der Waals surface area contributed by atoms with Gasteiger partial charge in [-0.25, -0.2) is 0 Å². The quantitative estimate of drug-likeness (QED) is 0.782. The van der Waals surface area contributed by atoms with Crippen molar-refractivity contribution in [2.45, 2.75) is 6.92 Å². The van der Waals surface area contributed by atoms with Crippen molar-refractivity contribution in [2.24, 2.45) is 0 Å². The average Bonchev–Trinajstić information content (AvgIpc) is 2.87. The number of nitrogen functional groups attached to an aromatic ring is 1. The van der Waals surface area contributed by atoms with Gasteiger partial charge in [-0.15, -0.1) is 0 Å². The fourth-order valence-corrected chi connectivity index (χ4v) is 2.72. The molecular formula is C19H14N4. The van der Waals surface area contributed by atoms with Crippen molar-refractivity contribution in [3.8, 4) is 29.1 Å². The molecule has 0 saturated heterocycles. The Balaban J connectivity index is 2.42. The zero-order valence-corrected chi connectivity index (χ0v) is 12.6. The number of nitrogens with zero attached hydrogens (tertiary/aromatic N) is 3. The number of aromatic nitrogens is 1. The summed E-state index contributed by atoms with van der Waals surface area (Å²) >= 11 is 0. The SMILES string of the molecule is Cc1cccc(-n2c(N)c(C#N)c(C#N)c2-c2ccccc2)c1. The van der Waals surface area contributed by atoms with E-state index < -0.39 is 0 Å². The maximum atomic E-state index is 9.56. The fraction of sp³-hybridized carbons (Fsp3) is 0.0526. The van der Waals surface area contributed by atoms with Crippen LogP contribution >= 0.6 is 0 Å². The maximum Gasteiger partial charge on any atom is 0.128 e. The molecule has 0 unspecified atom stereocenters. The summed E-state index contributed by atoms with van der Waals surface area (Å²) in [6.07, 6.45) is 0. The number of nitriles is 2. The van der Waals surface area contributed by atoms with Crippen LogP contribution in [0.4, 0.5) is 5.82 Å². The highest BCUT2D eigenvalue weighted by atomic mass is 15.1. The second-order valence-electron chi connectivity index (χ2n) is 5.25. The molecule has 4 nitrogen and oxygen atoms in total. The Bertz CT molecular complexity index is 954. The first-order valence-corrected chi connectivity index (χ1v) is 7.14. The molecule has 0 spiro atoms. The van der Waals surface area contributed by atoms with Crippen LogP contribution in [-0.4, -0.2) is 4.57 Å². The highest BCUT2D eigenvalue weighted by Crippen LogP contribution is 2.35. The molecule has 3 rings (SSSR count). The van der Waals surface area contributed by atoms with E-state index in [9.17, 15) is 10.5 Å². The van der Waals surface area contributed by atoms with Crippen molar-refractivity contribution in [3.05, 3.63) is 71.3 Å². The number of aryl methyl sites for hydroxylation is 1. The van der Waals surface area contributed by atoms with Crippen LogP contribution in [0, 0.1) is 29.6 Å². The monoisotopic (exact) mass is 298 g/mol. The molecule has 1 aromatic heterocycles. The van der Waals surface area contributed by atoms with Gasteiger partial charge in [-0.1, -0.05) is 42.5 Å². The van der Waals surface area contributed by atoms with Crippen LogP contribution in [0.5, 0.6) is 0 Å². The third kappa shape index (κ3) is 2.33. The van der Waals surface area contributed by atoms with Gasteiger partial charge in [-0.3, -0.25) is 4.57 Å². The molecule has 3 aromatic rings. The molecule has 1 heterocycles. The van der Waals surface area contributed by atoms with E-state index in [1.54, 1.807) is 4.57 Å². The summed E-state index contributed by atoms with van der Waals surface area (Å²) in [5.74, 6) is 0.286. The van der Waals surface area contributed by atoms with Gasteiger partial charge < -0.3 is 5.73 Å². The van der Waals surface area contributed by atoms with E-state index in [-0.39, 0.29) is 11.4 Å². The highest BCUT2D eigenvalue weighted by molar-refractivity contribution is 5.80. The molecular weight excluding hydrogens is 284 g/mol. The van der Waals surface area contributed by atoms with E-state index in [0.717, 1.165) is 16.8 Å². The summed E-state index contributed by atoms with van der Waals surface area (Å²) in [4.78, 5) is 0. The first-order valence-electron chi connectivity index (χ1n) is 7.14. The molecule has 4 heteroatoms. The first-order chi connectivity index (χ1) is 11.2. The van der Waals surface area contributed by atoms with Gasteiger partial charge in [-0.05, 0) is 30.2 Å². The molecule has 0 aliphatic carbocycles. The van der Waals surface area contributed by atoms with Crippen molar-refractivity contribution in [3.63, 3.8) is 0 Å². The number of anilines is 1. The summed E-state index contributed by atoms with van der Waals surface area (Å²) in [5.41, 5.74) is 10.1. The van der Waals surface area contributed by atoms with E-state index in [4.69, 9.17) is 5.73 Å². The summed E-state index contributed by atoms with van der Waals surface area (Å²) in [6.45, 7) is 1.99. The van der Waals surface area contributed by atoms with Crippen LogP contribution in [0.1, 0.15) is 16.7 Å². The van der Waals surface area contributed by atoms with Gasteiger partial charge in [0.05, 0.1) is 11.3 Å². The van der Waals surface area contributed by atoms with Crippen LogP contribution in [0.2, 0.25) is 0 Å². The Morgan fingerprint density at radius 3 is 2.22 bits per heavy atom. The summed E-state index contributed by atoms with van der Waals surface area (Å²) in [7, 11) is 0. The van der Waals surface area contributed by atoms with Crippen LogP contribution in [0.25, 0.3) is 16.9 Å². The Labute approximate surface area is 134 Å². The number of nitrogens with two attached hydrogens (primary N) is 1. The fourth-order valence-electron chi connectivity index (χ4n) is 2.72. The van der Waals surface area contributed by atoms with Crippen molar-refractivity contribution in [1.29, 1.82) is 10.5 Å². The summed E-state index contributed by atoms with van der Waals surface area (Å²) in [6, 6.07) is 21.5. The minimum Gasteiger partial charge on any atom is -0.384 e. The number of benzene rings is 2.